The molecule has 1 aromatic carbocycles. The Balaban J connectivity index is 2.48. The molecule has 0 atom stereocenters. The smallest absolute Gasteiger partial charge is 0.341 e. The van der Waals surface area contributed by atoms with Gasteiger partial charge in [0, 0.05) is 28.1 Å². The summed E-state index contributed by atoms with van der Waals surface area (Å²) in [5, 5.41) is 9.55. The van der Waals surface area contributed by atoms with E-state index in [0.717, 1.165) is 11.1 Å². The first kappa shape index (κ1) is 16.7. The van der Waals surface area contributed by atoms with Crippen molar-refractivity contribution in [1.29, 1.82) is 0 Å². The van der Waals surface area contributed by atoms with Gasteiger partial charge in [0.1, 0.15) is 10.6 Å². The van der Waals surface area contributed by atoms with Crippen molar-refractivity contribution in [1.82, 2.24) is 5.32 Å². The molecule has 2 N–H and O–H groups in total. The van der Waals surface area contributed by atoms with E-state index in [4.69, 9.17) is 28.6 Å². The molecule has 0 aliphatic rings. The van der Waals surface area contributed by atoms with Gasteiger partial charge < -0.3 is 15.4 Å². The van der Waals surface area contributed by atoms with Gasteiger partial charge in [-0.2, -0.15) is 0 Å². The van der Waals surface area contributed by atoms with Crippen LogP contribution in [0.2, 0.25) is 5.02 Å². The molecule has 0 fully saturated rings. The SMILES string of the molecule is CCNC(=S)Nc1scc(-c2ccccc2Cl)c1C(=O)OC. The number of thiophene rings is 1. The summed E-state index contributed by atoms with van der Waals surface area (Å²) in [6, 6.07) is 7.36. The van der Waals surface area contributed by atoms with E-state index < -0.39 is 5.97 Å². The fraction of sp³-hybridized carbons (Fsp3) is 0.200. The molecule has 7 heteroatoms. The second-order valence-corrected chi connectivity index (χ2v) is 6.00. The number of carbonyl (C=O) groups excluding carboxylic acids is 1. The Morgan fingerprint density at radius 3 is 2.73 bits per heavy atom. The van der Waals surface area contributed by atoms with Gasteiger partial charge in [0.05, 0.1) is 7.11 Å². The lowest BCUT2D eigenvalue weighted by atomic mass is 10.0. The van der Waals surface area contributed by atoms with Gasteiger partial charge in [0.15, 0.2) is 5.11 Å². The highest BCUT2D eigenvalue weighted by Crippen LogP contribution is 2.38. The molecular weight excluding hydrogens is 340 g/mol. The Morgan fingerprint density at radius 1 is 1.36 bits per heavy atom. The maximum Gasteiger partial charge on any atom is 0.341 e. The van der Waals surface area contributed by atoms with Crippen LogP contribution in [0.25, 0.3) is 11.1 Å². The van der Waals surface area contributed by atoms with Crippen LogP contribution in [0.3, 0.4) is 0 Å². The van der Waals surface area contributed by atoms with E-state index in [1.165, 1.54) is 18.4 Å². The predicted octanol–water partition coefficient (Wildman–Crippen LogP) is 4.16. The molecule has 0 spiro atoms. The van der Waals surface area contributed by atoms with Crippen molar-refractivity contribution in [3.8, 4) is 11.1 Å². The highest BCUT2D eigenvalue weighted by molar-refractivity contribution is 7.80. The zero-order valence-corrected chi connectivity index (χ0v) is 14.5. The molecule has 0 radical (unpaired) electrons. The van der Waals surface area contributed by atoms with E-state index >= 15 is 0 Å². The summed E-state index contributed by atoms with van der Waals surface area (Å²) in [6.45, 7) is 2.64. The minimum Gasteiger partial charge on any atom is -0.465 e. The average Bonchev–Trinajstić information content (AvgIpc) is 2.90. The van der Waals surface area contributed by atoms with Crippen molar-refractivity contribution in [2.24, 2.45) is 0 Å². The van der Waals surface area contributed by atoms with Crippen LogP contribution >= 0.6 is 35.2 Å². The summed E-state index contributed by atoms with van der Waals surface area (Å²) in [4.78, 5) is 12.2. The first-order valence-corrected chi connectivity index (χ1v) is 8.24. The number of hydrogen-bond acceptors (Lipinski definition) is 4. The zero-order chi connectivity index (χ0) is 16.1. The topological polar surface area (TPSA) is 50.4 Å². The number of esters is 1. The first-order chi connectivity index (χ1) is 10.6. The Kier molecular flexibility index (Phi) is 5.76. The molecule has 0 aliphatic carbocycles. The van der Waals surface area contributed by atoms with E-state index in [9.17, 15) is 4.79 Å². The summed E-state index contributed by atoms with van der Waals surface area (Å²) >= 11 is 12.8. The van der Waals surface area contributed by atoms with Crippen LogP contribution in [0, 0.1) is 0 Å². The van der Waals surface area contributed by atoms with Gasteiger partial charge in [-0.1, -0.05) is 29.8 Å². The molecule has 0 amide bonds. The van der Waals surface area contributed by atoms with Crippen LogP contribution in [0.15, 0.2) is 29.6 Å². The Labute approximate surface area is 143 Å². The number of hydrogen-bond donors (Lipinski definition) is 2. The number of methoxy groups -OCH3 is 1. The quantitative estimate of drug-likeness (QED) is 0.637. The molecule has 0 saturated heterocycles. The number of rotatable bonds is 4. The standard InChI is InChI=1S/C15H15ClN2O2S2/c1-3-17-15(21)18-13-12(14(19)20-2)10(8-22-13)9-6-4-5-7-11(9)16/h4-8H,3H2,1-2H3,(H2,17,18,21). The summed E-state index contributed by atoms with van der Waals surface area (Å²) in [5.41, 5.74) is 1.94. The maximum atomic E-state index is 12.2. The van der Waals surface area contributed by atoms with Crippen LogP contribution in [-0.4, -0.2) is 24.7 Å². The zero-order valence-electron chi connectivity index (χ0n) is 12.1. The van der Waals surface area contributed by atoms with Gasteiger partial charge in [-0.25, -0.2) is 4.79 Å². The largest absolute Gasteiger partial charge is 0.465 e. The third-order valence-corrected chi connectivity index (χ3v) is 4.38. The van der Waals surface area contributed by atoms with Gasteiger partial charge in [0.25, 0.3) is 0 Å². The number of thiocarbonyl (C=S) groups is 1. The molecule has 1 heterocycles. The lowest BCUT2D eigenvalue weighted by Crippen LogP contribution is -2.28. The molecular formula is C15H15ClN2O2S2. The summed E-state index contributed by atoms with van der Waals surface area (Å²) in [7, 11) is 1.35. The van der Waals surface area contributed by atoms with Crippen LogP contribution in [-0.2, 0) is 4.74 Å². The van der Waals surface area contributed by atoms with E-state index in [-0.39, 0.29) is 0 Å². The van der Waals surface area contributed by atoms with Crippen molar-refractivity contribution in [3.05, 3.63) is 40.2 Å². The number of nitrogens with one attached hydrogen (secondary N) is 2. The Morgan fingerprint density at radius 2 is 2.09 bits per heavy atom. The van der Waals surface area contributed by atoms with Gasteiger partial charge in [0.2, 0.25) is 0 Å². The highest BCUT2D eigenvalue weighted by Gasteiger charge is 2.22. The van der Waals surface area contributed by atoms with Crippen LogP contribution < -0.4 is 10.6 Å². The van der Waals surface area contributed by atoms with Crippen molar-refractivity contribution in [2.45, 2.75) is 6.92 Å². The molecule has 2 rings (SSSR count). The number of carbonyl (C=O) groups is 1. The number of ether oxygens (including phenoxy) is 1. The average molecular weight is 355 g/mol. The molecule has 2 aromatic rings. The van der Waals surface area contributed by atoms with E-state index in [0.29, 0.717) is 27.2 Å². The minimum atomic E-state index is -0.432. The van der Waals surface area contributed by atoms with Crippen LogP contribution in [0.5, 0.6) is 0 Å². The third kappa shape index (κ3) is 3.58. The molecule has 116 valence electrons. The summed E-state index contributed by atoms with van der Waals surface area (Å²) in [5.74, 6) is -0.432. The lowest BCUT2D eigenvalue weighted by molar-refractivity contribution is 0.0603. The molecule has 0 unspecified atom stereocenters. The van der Waals surface area contributed by atoms with Gasteiger partial charge >= 0.3 is 5.97 Å². The van der Waals surface area contributed by atoms with E-state index in [1.54, 1.807) is 6.07 Å². The van der Waals surface area contributed by atoms with Crippen molar-refractivity contribution in [3.63, 3.8) is 0 Å². The normalized spacial score (nSPS) is 10.1. The van der Waals surface area contributed by atoms with Gasteiger partial charge in [-0.3, -0.25) is 0 Å². The monoisotopic (exact) mass is 354 g/mol. The molecule has 0 saturated carbocycles. The molecule has 1 aromatic heterocycles. The highest BCUT2D eigenvalue weighted by atomic mass is 35.5. The van der Waals surface area contributed by atoms with Crippen molar-refractivity contribution < 1.29 is 9.53 Å². The number of benzene rings is 1. The molecule has 4 nitrogen and oxygen atoms in total. The molecule has 0 bridgehead atoms. The fourth-order valence-corrected chi connectivity index (χ4v) is 3.44. The Hall–Kier alpha value is -1.63. The lowest BCUT2D eigenvalue weighted by Gasteiger charge is -2.10. The number of halogens is 1. The van der Waals surface area contributed by atoms with Crippen LogP contribution in [0.1, 0.15) is 17.3 Å². The second-order valence-electron chi connectivity index (χ2n) is 4.31. The first-order valence-electron chi connectivity index (χ1n) is 6.58. The van der Waals surface area contributed by atoms with E-state index in [2.05, 4.69) is 10.6 Å². The molecule has 22 heavy (non-hydrogen) atoms. The fourth-order valence-electron chi connectivity index (χ4n) is 1.94. The van der Waals surface area contributed by atoms with E-state index in [1.807, 2.05) is 30.5 Å². The predicted molar refractivity (Wildman–Crippen MR) is 96.0 cm³/mol. The Bertz CT molecular complexity index is 701. The van der Waals surface area contributed by atoms with Crippen molar-refractivity contribution in [2.75, 3.05) is 19.0 Å². The number of anilines is 1. The van der Waals surface area contributed by atoms with Crippen molar-refractivity contribution >= 4 is 51.2 Å². The summed E-state index contributed by atoms with van der Waals surface area (Å²) < 4.78 is 4.90. The second kappa shape index (κ2) is 7.58. The molecule has 0 aliphatic heterocycles. The minimum absolute atomic E-state index is 0.431. The third-order valence-electron chi connectivity index (χ3n) is 2.91. The van der Waals surface area contributed by atoms with Gasteiger partial charge in [-0.15, -0.1) is 11.3 Å². The maximum absolute atomic E-state index is 12.2. The van der Waals surface area contributed by atoms with Crippen LogP contribution in [0.4, 0.5) is 5.00 Å². The van der Waals surface area contributed by atoms with Gasteiger partial charge in [-0.05, 0) is 25.2 Å². The summed E-state index contributed by atoms with van der Waals surface area (Å²) in [6.07, 6.45) is 0.